The van der Waals surface area contributed by atoms with E-state index < -0.39 is 10.0 Å². The number of imide groups is 1. The molecule has 0 spiro atoms. The minimum absolute atomic E-state index is 0.0882. The lowest BCUT2D eigenvalue weighted by Crippen LogP contribution is -2.52. The second-order valence-corrected chi connectivity index (χ2v) is 10.1. The summed E-state index contributed by atoms with van der Waals surface area (Å²) in [5.74, 6) is -0.624. The van der Waals surface area contributed by atoms with E-state index in [0.717, 1.165) is 11.1 Å². The van der Waals surface area contributed by atoms with Crippen LogP contribution in [-0.2, 0) is 19.6 Å². The van der Waals surface area contributed by atoms with Crippen molar-refractivity contribution in [3.05, 3.63) is 41.5 Å². The highest BCUT2D eigenvalue weighted by atomic mass is 32.2. The van der Waals surface area contributed by atoms with Gasteiger partial charge in [-0.1, -0.05) is 24.3 Å². The Kier molecular flexibility index (Phi) is 5.35. The molecular formula is C21H27N3O4S. The average Bonchev–Trinajstić information content (AvgIpc) is 2.95. The highest BCUT2D eigenvalue weighted by Crippen LogP contribution is 2.35. The van der Waals surface area contributed by atoms with Gasteiger partial charge in [0.2, 0.25) is 21.8 Å². The fraction of sp³-hybridized carbons (Fsp3) is 0.524. The standard InChI is InChI=1S/C21H27N3O4S/c1-15-7-8-16(2)19(13-15)29(27,28)23-11-9-22(10-12-23)14-24-20(25)17-5-3-4-6-18(17)21(24)26/h3-4,7-8,13,17-18H,5-6,9-12,14H2,1-2H3/t17-,18-/m0/s1. The number of fused-ring (bicyclic) bond motifs is 1. The smallest absolute Gasteiger partial charge is 0.243 e. The lowest BCUT2D eigenvalue weighted by atomic mass is 9.85. The number of piperazine rings is 1. The predicted octanol–water partition coefficient (Wildman–Crippen LogP) is 1.52. The average molecular weight is 418 g/mol. The Morgan fingerprint density at radius 3 is 2.10 bits per heavy atom. The van der Waals surface area contributed by atoms with E-state index in [1.165, 1.54) is 9.21 Å². The molecule has 1 aromatic carbocycles. The molecule has 2 fully saturated rings. The number of amides is 2. The third-order valence-corrected chi connectivity index (χ3v) is 8.27. The Morgan fingerprint density at radius 2 is 1.52 bits per heavy atom. The quantitative estimate of drug-likeness (QED) is 0.548. The molecular weight excluding hydrogens is 390 g/mol. The minimum atomic E-state index is -3.55. The Hall–Kier alpha value is -2.03. The van der Waals surface area contributed by atoms with Crippen LogP contribution in [0.5, 0.6) is 0 Å². The van der Waals surface area contributed by atoms with Gasteiger partial charge in [-0.2, -0.15) is 4.31 Å². The van der Waals surface area contributed by atoms with Gasteiger partial charge in [0.25, 0.3) is 0 Å². The van der Waals surface area contributed by atoms with Crippen LogP contribution in [0.2, 0.25) is 0 Å². The van der Waals surface area contributed by atoms with Crippen LogP contribution in [-0.4, -0.2) is 67.2 Å². The molecule has 4 rings (SSSR count). The first kappa shape index (κ1) is 20.3. The predicted molar refractivity (Wildman–Crippen MR) is 108 cm³/mol. The number of allylic oxidation sites excluding steroid dienone is 2. The number of hydrogen-bond acceptors (Lipinski definition) is 5. The van der Waals surface area contributed by atoms with Gasteiger partial charge >= 0.3 is 0 Å². The van der Waals surface area contributed by atoms with Crippen LogP contribution in [0, 0.1) is 25.7 Å². The number of rotatable bonds is 4. The van der Waals surface area contributed by atoms with Crippen LogP contribution in [0.25, 0.3) is 0 Å². The van der Waals surface area contributed by atoms with Gasteiger partial charge in [-0.15, -0.1) is 0 Å². The SMILES string of the molecule is Cc1ccc(C)c(S(=O)(=O)N2CCN(CN3C(=O)[C@H]4CC=CC[C@@H]4C3=O)CC2)c1. The number of likely N-dealkylation sites (tertiary alicyclic amines) is 1. The fourth-order valence-electron chi connectivity index (χ4n) is 4.44. The normalized spacial score (nSPS) is 26.2. The maximum absolute atomic E-state index is 13.1. The first-order valence-electron chi connectivity index (χ1n) is 10.1. The van der Waals surface area contributed by atoms with Crippen molar-refractivity contribution >= 4 is 21.8 Å². The van der Waals surface area contributed by atoms with E-state index in [1.807, 2.05) is 43.0 Å². The Morgan fingerprint density at radius 1 is 0.931 bits per heavy atom. The first-order chi connectivity index (χ1) is 13.8. The van der Waals surface area contributed by atoms with Gasteiger partial charge < -0.3 is 0 Å². The summed E-state index contributed by atoms with van der Waals surface area (Å²) in [7, 11) is -3.55. The van der Waals surface area contributed by atoms with Crippen molar-refractivity contribution in [3.63, 3.8) is 0 Å². The second kappa shape index (κ2) is 7.66. The van der Waals surface area contributed by atoms with Crippen molar-refractivity contribution in [1.29, 1.82) is 0 Å². The van der Waals surface area contributed by atoms with E-state index in [2.05, 4.69) is 0 Å². The zero-order valence-electron chi connectivity index (χ0n) is 16.9. The van der Waals surface area contributed by atoms with Gasteiger partial charge in [0.15, 0.2) is 0 Å². The Balaban J connectivity index is 1.40. The third kappa shape index (κ3) is 3.65. The largest absolute Gasteiger partial charge is 0.283 e. The molecule has 156 valence electrons. The van der Waals surface area contributed by atoms with Crippen LogP contribution in [0.4, 0.5) is 0 Å². The molecule has 0 radical (unpaired) electrons. The summed E-state index contributed by atoms with van der Waals surface area (Å²) in [6.07, 6.45) is 5.22. The van der Waals surface area contributed by atoms with Crippen LogP contribution < -0.4 is 0 Å². The van der Waals surface area contributed by atoms with Gasteiger partial charge in [-0.3, -0.25) is 19.4 Å². The summed E-state index contributed by atoms with van der Waals surface area (Å²) in [5, 5.41) is 0. The van der Waals surface area contributed by atoms with E-state index in [4.69, 9.17) is 0 Å². The van der Waals surface area contributed by atoms with Gasteiger partial charge in [-0.05, 0) is 43.9 Å². The fourth-order valence-corrected chi connectivity index (χ4v) is 6.18. The van der Waals surface area contributed by atoms with Gasteiger partial charge in [-0.25, -0.2) is 8.42 Å². The molecule has 0 bridgehead atoms. The van der Waals surface area contributed by atoms with E-state index >= 15 is 0 Å². The second-order valence-electron chi connectivity index (χ2n) is 8.19. The molecule has 3 aliphatic rings. The maximum Gasteiger partial charge on any atom is 0.243 e. The lowest BCUT2D eigenvalue weighted by Gasteiger charge is -2.35. The highest BCUT2D eigenvalue weighted by Gasteiger charge is 2.47. The molecule has 0 aromatic heterocycles. The summed E-state index contributed by atoms with van der Waals surface area (Å²) < 4.78 is 27.6. The van der Waals surface area contributed by atoms with Crippen molar-refractivity contribution in [2.45, 2.75) is 31.6 Å². The number of benzene rings is 1. The van der Waals surface area contributed by atoms with Crippen molar-refractivity contribution < 1.29 is 18.0 Å². The molecule has 7 nitrogen and oxygen atoms in total. The van der Waals surface area contributed by atoms with Crippen molar-refractivity contribution in [3.8, 4) is 0 Å². The van der Waals surface area contributed by atoms with Gasteiger partial charge in [0.1, 0.15) is 0 Å². The maximum atomic E-state index is 13.1. The molecule has 2 atom stereocenters. The highest BCUT2D eigenvalue weighted by molar-refractivity contribution is 7.89. The summed E-state index contributed by atoms with van der Waals surface area (Å²) in [6, 6.07) is 5.45. The molecule has 2 heterocycles. The topological polar surface area (TPSA) is 78.0 Å². The molecule has 8 heteroatoms. The van der Waals surface area contributed by atoms with Crippen molar-refractivity contribution in [1.82, 2.24) is 14.1 Å². The zero-order valence-corrected chi connectivity index (χ0v) is 17.7. The summed E-state index contributed by atoms with van der Waals surface area (Å²) in [4.78, 5) is 29.0. The number of carbonyl (C=O) groups excluding carboxylic acids is 2. The lowest BCUT2D eigenvalue weighted by molar-refractivity contribution is -0.142. The molecule has 0 unspecified atom stereocenters. The molecule has 2 aliphatic heterocycles. The van der Waals surface area contributed by atoms with Crippen molar-refractivity contribution in [2.75, 3.05) is 32.8 Å². The van der Waals surface area contributed by atoms with Gasteiger partial charge in [0, 0.05) is 26.2 Å². The molecule has 1 aromatic rings. The molecule has 2 saturated heterocycles. The van der Waals surface area contributed by atoms with E-state index in [-0.39, 0.29) is 30.3 Å². The van der Waals surface area contributed by atoms with Crippen LogP contribution in [0.15, 0.2) is 35.2 Å². The van der Waals surface area contributed by atoms with Crippen LogP contribution in [0.3, 0.4) is 0 Å². The summed E-state index contributed by atoms with van der Waals surface area (Å²) >= 11 is 0. The zero-order chi connectivity index (χ0) is 20.8. The third-order valence-electron chi connectivity index (χ3n) is 6.23. The van der Waals surface area contributed by atoms with E-state index in [9.17, 15) is 18.0 Å². The molecule has 0 saturated carbocycles. The van der Waals surface area contributed by atoms with E-state index in [0.29, 0.717) is 43.9 Å². The molecule has 1 aliphatic carbocycles. The minimum Gasteiger partial charge on any atom is -0.283 e. The summed E-state index contributed by atoms with van der Waals surface area (Å²) in [5.41, 5.74) is 1.65. The number of hydrogen-bond donors (Lipinski definition) is 0. The molecule has 0 N–H and O–H groups in total. The van der Waals surface area contributed by atoms with E-state index in [1.54, 1.807) is 6.07 Å². The van der Waals surface area contributed by atoms with Crippen LogP contribution >= 0.6 is 0 Å². The number of carbonyl (C=O) groups is 2. The number of nitrogens with zero attached hydrogens (tertiary/aromatic N) is 3. The molecule has 2 amide bonds. The monoisotopic (exact) mass is 417 g/mol. The Bertz CT molecular complexity index is 938. The number of sulfonamides is 1. The van der Waals surface area contributed by atoms with Gasteiger partial charge in [0.05, 0.1) is 23.4 Å². The van der Waals surface area contributed by atoms with Crippen LogP contribution in [0.1, 0.15) is 24.0 Å². The number of aryl methyl sites for hydroxylation is 2. The Labute approximate surface area is 172 Å². The molecule has 29 heavy (non-hydrogen) atoms. The first-order valence-corrected chi connectivity index (χ1v) is 11.5. The summed E-state index contributed by atoms with van der Waals surface area (Å²) in [6.45, 7) is 5.63. The van der Waals surface area contributed by atoms with Crippen molar-refractivity contribution in [2.24, 2.45) is 11.8 Å².